The summed E-state index contributed by atoms with van der Waals surface area (Å²) in [5.41, 5.74) is 5.45. The lowest BCUT2D eigenvalue weighted by molar-refractivity contribution is -0.0441. The highest BCUT2D eigenvalue weighted by atomic mass is 79.9. The Morgan fingerprint density at radius 1 is 1.42 bits per heavy atom. The third-order valence-corrected chi connectivity index (χ3v) is 5.60. The first-order valence-corrected chi connectivity index (χ1v) is 8.21. The molecule has 6 nitrogen and oxygen atoms in total. The molecule has 1 saturated heterocycles. The molecule has 0 aromatic carbocycles. The van der Waals surface area contributed by atoms with E-state index in [1.807, 2.05) is 13.8 Å². The average molecular weight is 353 g/mol. The number of morpholine rings is 1. The van der Waals surface area contributed by atoms with E-state index in [1.165, 1.54) is 10.4 Å². The van der Waals surface area contributed by atoms with E-state index in [-0.39, 0.29) is 28.3 Å². The van der Waals surface area contributed by atoms with Crippen LogP contribution in [0.25, 0.3) is 0 Å². The summed E-state index contributed by atoms with van der Waals surface area (Å²) in [5, 5.41) is 0. The molecule has 1 aromatic rings. The molecule has 0 amide bonds. The number of furan rings is 1. The molecule has 1 aliphatic heterocycles. The van der Waals surface area contributed by atoms with Gasteiger partial charge < -0.3 is 14.9 Å². The van der Waals surface area contributed by atoms with Gasteiger partial charge in [0.1, 0.15) is 10.7 Å². The molecule has 0 bridgehead atoms. The van der Waals surface area contributed by atoms with Gasteiger partial charge in [-0.15, -0.1) is 0 Å². The van der Waals surface area contributed by atoms with Gasteiger partial charge in [-0.1, -0.05) is 0 Å². The summed E-state index contributed by atoms with van der Waals surface area (Å²) in [7, 11) is -3.59. The molecule has 0 saturated carbocycles. The summed E-state index contributed by atoms with van der Waals surface area (Å²) in [4.78, 5) is 0.120. The lowest BCUT2D eigenvalue weighted by atomic mass is 10.3. The third-order valence-electron chi connectivity index (χ3n) is 2.91. The zero-order valence-corrected chi connectivity index (χ0v) is 13.2. The normalized spacial score (nSPS) is 25.7. The van der Waals surface area contributed by atoms with E-state index in [9.17, 15) is 8.42 Å². The first-order chi connectivity index (χ1) is 8.84. The number of rotatable bonds is 3. The van der Waals surface area contributed by atoms with Crippen molar-refractivity contribution in [2.24, 2.45) is 5.73 Å². The molecule has 2 N–H and O–H groups in total. The van der Waals surface area contributed by atoms with Crippen LogP contribution in [0.5, 0.6) is 0 Å². The largest absolute Gasteiger partial charge is 0.452 e. The molecular formula is C11H17BrN2O4S. The van der Waals surface area contributed by atoms with Crippen LogP contribution < -0.4 is 5.73 Å². The van der Waals surface area contributed by atoms with Crippen molar-refractivity contribution >= 4 is 26.0 Å². The lowest BCUT2D eigenvalue weighted by Gasteiger charge is -2.34. The van der Waals surface area contributed by atoms with Crippen LogP contribution in [0, 0.1) is 0 Å². The molecule has 2 atom stereocenters. The van der Waals surface area contributed by atoms with Crippen LogP contribution in [-0.4, -0.2) is 38.0 Å². The van der Waals surface area contributed by atoms with Gasteiger partial charge in [0.25, 0.3) is 0 Å². The van der Waals surface area contributed by atoms with E-state index in [0.29, 0.717) is 18.8 Å². The maximum Gasteiger partial charge on any atom is 0.247 e. The SMILES string of the molecule is CC1CN(S(=O)(=O)c2cc(CN)oc2Br)CC(C)O1. The molecular weight excluding hydrogens is 336 g/mol. The van der Waals surface area contributed by atoms with Crippen LogP contribution in [0.15, 0.2) is 20.0 Å². The van der Waals surface area contributed by atoms with Crippen LogP contribution >= 0.6 is 15.9 Å². The fourth-order valence-electron chi connectivity index (χ4n) is 2.14. The molecule has 1 fully saturated rings. The van der Waals surface area contributed by atoms with Crippen LogP contribution in [0.1, 0.15) is 19.6 Å². The molecule has 2 rings (SSSR count). The summed E-state index contributed by atoms with van der Waals surface area (Å²) in [6.07, 6.45) is -0.253. The standard InChI is InChI=1S/C11H17BrN2O4S/c1-7-5-14(6-8(2)17-7)19(15,16)10-3-9(4-13)18-11(10)12/h3,7-8H,4-6,13H2,1-2H3. The quantitative estimate of drug-likeness (QED) is 0.885. The Kier molecular flexibility index (Phi) is 4.36. The molecule has 0 aliphatic carbocycles. The Morgan fingerprint density at radius 2 is 2.00 bits per heavy atom. The molecule has 2 heterocycles. The minimum atomic E-state index is -3.59. The van der Waals surface area contributed by atoms with E-state index >= 15 is 0 Å². The molecule has 19 heavy (non-hydrogen) atoms. The number of nitrogens with two attached hydrogens (primary N) is 1. The van der Waals surface area contributed by atoms with Crippen molar-refractivity contribution in [3.63, 3.8) is 0 Å². The fourth-order valence-corrected chi connectivity index (χ4v) is 4.69. The van der Waals surface area contributed by atoms with E-state index in [4.69, 9.17) is 14.9 Å². The summed E-state index contributed by atoms with van der Waals surface area (Å²) in [5.74, 6) is 0.430. The van der Waals surface area contributed by atoms with Gasteiger partial charge in [0, 0.05) is 19.2 Å². The molecule has 8 heteroatoms. The number of halogens is 1. The minimum Gasteiger partial charge on any atom is -0.452 e. The predicted molar refractivity (Wildman–Crippen MR) is 73.1 cm³/mol. The maximum atomic E-state index is 12.6. The van der Waals surface area contributed by atoms with Crippen LogP contribution in [-0.2, 0) is 21.3 Å². The topological polar surface area (TPSA) is 85.8 Å². The Hall–Kier alpha value is -0.410. The van der Waals surface area contributed by atoms with Gasteiger partial charge >= 0.3 is 0 Å². The smallest absolute Gasteiger partial charge is 0.247 e. The second-order valence-corrected chi connectivity index (χ2v) is 7.26. The van der Waals surface area contributed by atoms with Gasteiger partial charge in [0.15, 0.2) is 4.67 Å². The van der Waals surface area contributed by atoms with Crippen molar-refractivity contribution in [2.75, 3.05) is 13.1 Å². The van der Waals surface area contributed by atoms with E-state index < -0.39 is 10.0 Å². The van der Waals surface area contributed by atoms with Gasteiger partial charge in [-0.05, 0) is 29.8 Å². The summed E-state index contributed by atoms with van der Waals surface area (Å²) >= 11 is 3.13. The molecule has 0 radical (unpaired) electrons. The van der Waals surface area contributed by atoms with Crippen molar-refractivity contribution < 1.29 is 17.6 Å². The first kappa shape index (κ1) is 15.0. The summed E-state index contributed by atoms with van der Waals surface area (Å²) in [6, 6.07) is 1.46. The third kappa shape index (κ3) is 3.03. The van der Waals surface area contributed by atoms with Gasteiger partial charge in [0.05, 0.1) is 18.8 Å². The predicted octanol–water partition coefficient (Wildman–Crippen LogP) is 1.30. The van der Waals surface area contributed by atoms with E-state index in [2.05, 4.69) is 15.9 Å². The highest BCUT2D eigenvalue weighted by molar-refractivity contribution is 9.10. The lowest BCUT2D eigenvalue weighted by Crippen LogP contribution is -2.48. The number of ether oxygens (including phenoxy) is 1. The van der Waals surface area contributed by atoms with Gasteiger partial charge in [0.2, 0.25) is 10.0 Å². The van der Waals surface area contributed by atoms with E-state index in [1.54, 1.807) is 0 Å². The van der Waals surface area contributed by atoms with Crippen molar-refractivity contribution in [1.29, 1.82) is 0 Å². The zero-order chi connectivity index (χ0) is 14.2. The number of hydrogen-bond donors (Lipinski definition) is 1. The molecule has 0 spiro atoms. The maximum absolute atomic E-state index is 12.6. The van der Waals surface area contributed by atoms with Crippen LogP contribution in [0.2, 0.25) is 0 Å². The number of sulfonamides is 1. The van der Waals surface area contributed by atoms with E-state index in [0.717, 1.165) is 0 Å². The van der Waals surface area contributed by atoms with Gasteiger partial charge in [-0.2, -0.15) is 4.31 Å². The zero-order valence-electron chi connectivity index (χ0n) is 10.8. The Bertz CT molecular complexity index is 547. The highest BCUT2D eigenvalue weighted by Crippen LogP contribution is 2.30. The monoisotopic (exact) mass is 352 g/mol. The Balaban J connectivity index is 2.33. The molecule has 2 unspecified atom stereocenters. The summed E-state index contributed by atoms with van der Waals surface area (Å²) < 4.78 is 37.5. The number of nitrogens with zero attached hydrogens (tertiary/aromatic N) is 1. The second-order valence-electron chi connectivity index (χ2n) is 4.63. The van der Waals surface area contributed by atoms with Crippen molar-refractivity contribution in [3.05, 3.63) is 16.5 Å². The fraction of sp³-hybridized carbons (Fsp3) is 0.636. The summed E-state index contributed by atoms with van der Waals surface area (Å²) in [6.45, 7) is 4.54. The van der Waals surface area contributed by atoms with Gasteiger partial charge in [-0.3, -0.25) is 0 Å². The number of hydrogen-bond acceptors (Lipinski definition) is 5. The minimum absolute atomic E-state index is 0.120. The first-order valence-electron chi connectivity index (χ1n) is 5.98. The van der Waals surface area contributed by atoms with Crippen molar-refractivity contribution in [3.8, 4) is 0 Å². The van der Waals surface area contributed by atoms with Crippen LogP contribution in [0.4, 0.5) is 0 Å². The van der Waals surface area contributed by atoms with Gasteiger partial charge in [-0.25, -0.2) is 8.42 Å². The molecule has 108 valence electrons. The molecule has 1 aliphatic rings. The second kappa shape index (κ2) is 5.53. The van der Waals surface area contributed by atoms with Crippen LogP contribution in [0.3, 0.4) is 0 Å². The average Bonchev–Trinajstić information content (AvgIpc) is 2.70. The Labute approximate surface area is 121 Å². The highest BCUT2D eigenvalue weighted by Gasteiger charge is 2.34. The Morgan fingerprint density at radius 3 is 2.47 bits per heavy atom. The van der Waals surface area contributed by atoms with Crippen molar-refractivity contribution in [1.82, 2.24) is 4.31 Å². The van der Waals surface area contributed by atoms with Crippen molar-refractivity contribution in [2.45, 2.75) is 37.5 Å². The molecule has 1 aromatic heterocycles.